The van der Waals surface area contributed by atoms with Gasteiger partial charge in [0, 0.05) is 32.2 Å². The Bertz CT molecular complexity index is 475. The summed E-state index contributed by atoms with van der Waals surface area (Å²) in [7, 11) is 4.23. The zero-order valence-corrected chi connectivity index (χ0v) is 18.3. The molecule has 0 aromatic rings. The molecule has 0 aromatic carbocycles. The molecule has 3 fully saturated rings. The summed E-state index contributed by atoms with van der Waals surface area (Å²) in [4.78, 5) is 12.5. The molecular formula is C22H43N5. The molecule has 1 N–H and O–H groups in total. The van der Waals surface area contributed by atoms with Crippen LogP contribution in [0.2, 0.25) is 0 Å². The van der Waals surface area contributed by atoms with Crippen molar-refractivity contribution in [3.63, 3.8) is 0 Å². The summed E-state index contributed by atoms with van der Waals surface area (Å²) < 4.78 is 0. The molecule has 3 aliphatic heterocycles. The first-order chi connectivity index (χ1) is 13.0. The maximum absolute atomic E-state index is 4.66. The molecule has 1 unspecified atom stereocenters. The van der Waals surface area contributed by atoms with E-state index in [-0.39, 0.29) is 0 Å². The van der Waals surface area contributed by atoms with Crippen molar-refractivity contribution in [2.75, 3.05) is 59.9 Å². The van der Waals surface area contributed by atoms with Crippen LogP contribution in [0.3, 0.4) is 0 Å². The Morgan fingerprint density at radius 2 is 1.78 bits per heavy atom. The minimum atomic E-state index is 0.319. The average Bonchev–Trinajstić information content (AvgIpc) is 3.12. The van der Waals surface area contributed by atoms with Gasteiger partial charge in [-0.05, 0) is 83.6 Å². The van der Waals surface area contributed by atoms with Gasteiger partial charge in [0.25, 0.3) is 0 Å². The molecule has 3 aliphatic rings. The number of guanidine groups is 1. The summed E-state index contributed by atoms with van der Waals surface area (Å²) in [5.41, 5.74) is 0.319. The third-order valence-electron chi connectivity index (χ3n) is 7.12. The van der Waals surface area contributed by atoms with Gasteiger partial charge in [0.2, 0.25) is 0 Å². The molecule has 5 nitrogen and oxygen atoms in total. The van der Waals surface area contributed by atoms with Gasteiger partial charge in [-0.2, -0.15) is 0 Å². The highest BCUT2D eigenvalue weighted by molar-refractivity contribution is 5.80. The molecule has 27 heavy (non-hydrogen) atoms. The van der Waals surface area contributed by atoms with Crippen LogP contribution in [-0.2, 0) is 0 Å². The largest absolute Gasteiger partial charge is 0.354 e. The number of nitrogens with zero attached hydrogens (tertiary/aromatic N) is 4. The lowest BCUT2D eigenvalue weighted by molar-refractivity contribution is 0.0170. The van der Waals surface area contributed by atoms with Gasteiger partial charge >= 0.3 is 0 Å². The minimum Gasteiger partial charge on any atom is -0.354 e. The van der Waals surface area contributed by atoms with E-state index < -0.39 is 0 Å². The van der Waals surface area contributed by atoms with Crippen LogP contribution in [-0.4, -0.2) is 86.1 Å². The van der Waals surface area contributed by atoms with E-state index in [0.29, 0.717) is 5.54 Å². The van der Waals surface area contributed by atoms with Crippen molar-refractivity contribution in [1.82, 2.24) is 20.0 Å². The van der Waals surface area contributed by atoms with Crippen molar-refractivity contribution in [1.29, 1.82) is 0 Å². The highest BCUT2D eigenvalue weighted by Gasteiger charge is 2.40. The first-order valence-corrected chi connectivity index (χ1v) is 11.4. The summed E-state index contributed by atoms with van der Waals surface area (Å²) in [6.45, 7) is 13.1. The molecule has 3 rings (SSSR count). The van der Waals surface area contributed by atoms with Crippen LogP contribution >= 0.6 is 0 Å². The van der Waals surface area contributed by atoms with Crippen LogP contribution in [0.25, 0.3) is 0 Å². The van der Waals surface area contributed by atoms with E-state index in [1.807, 2.05) is 7.05 Å². The van der Waals surface area contributed by atoms with Gasteiger partial charge in [-0.1, -0.05) is 20.3 Å². The smallest absolute Gasteiger partial charge is 0.193 e. The molecule has 0 saturated carbocycles. The fourth-order valence-electron chi connectivity index (χ4n) is 5.47. The monoisotopic (exact) mass is 377 g/mol. The maximum Gasteiger partial charge on any atom is 0.193 e. The van der Waals surface area contributed by atoms with E-state index in [9.17, 15) is 0 Å². The van der Waals surface area contributed by atoms with Crippen LogP contribution in [0.1, 0.15) is 58.8 Å². The number of aliphatic imine (C=N–C) groups is 1. The molecule has 0 aromatic heterocycles. The molecule has 0 aliphatic carbocycles. The Hall–Kier alpha value is -0.810. The third-order valence-corrected chi connectivity index (χ3v) is 7.12. The minimum absolute atomic E-state index is 0.319. The molecule has 1 atom stereocenters. The fraction of sp³-hybridized carbons (Fsp3) is 0.955. The van der Waals surface area contributed by atoms with E-state index in [4.69, 9.17) is 0 Å². The number of hydrogen-bond donors (Lipinski definition) is 1. The van der Waals surface area contributed by atoms with Crippen LogP contribution in [0, 0.1) is 11.8 Å². The SMILES string of the molecule is CN=C(NCC1(N2CCCCC2)CCN(C)CC1)N1CCC(CC(C)C)C1. The van der Waals surface area contributed by atoms with Gasteiger partial charge < -0.3 is 15.1 Å². The number of likely N-dealkylation sites (tertiary alicyclic amines) is 3. The normalized spacial score (nSPS) is 28.1. The van der Waals surface area contributed by atoms with Crippen LogP contribution < -0.4 is 5.32 Å². The zero-order chi connectivity index (χ0) is 19.3. The lowest BCUT2D eigenvalue weighted by Gasteiger charge is -2.50. The summed E-state index contributed by atoms with van der Waals surface area (Å²) in [5, 5.41) is 3.82. The van der Waals surface area contributed by atoms with Gasteiger partial charge in [-0.15, -0.1) is 0 Å². The van der Waals surface area contributed by atoms with Crippen LogP contribution in [0.15, 0.2) is 4.99 Å². The molecule has 156 valence electrons. The van der Waals surface area contributed by atoms with Gasteiger partial charge in [-0.3, -0.25) is 9.89 Å². The number of rotatable bonds is 5. The lowest BCUT2D eigenvalue weighted by Crippen LogP contribution is -2.62. The van der Waals surface area contributed by atoms with Crippen LogP contribution in [0.5, 0.6) is 0 Å². The molecule has 0 spiro atoms. The highest BCUT2D eigenvalue weighted by atomic mass is 15.3. The standard InChI is InChI=1S/C22H43N5/c1-19(2)16-20-8-13-26(17-20)21(23-3)24-18-22(9-14-25(4)15-10-22)27-11-6-5-7-12-27/h19-20H,5-18H2,1-4H3,(H,23,24). The van der Waals surface area contributed by atoms with Gasteiger partial charge in [-0.25, -0.2) is 0 Å². The third kappa shape index (κ3) is 5.38. The van der Waals surface area contributed by atoms with E-state index in [1.165, 1.54) is 77.7 Å². The van der Waals surface area contributed by atoms with Gasteiger partial charge in [0.1, 0.15) is 0 Å². The molecule has 5 heteroatoms. The quantitative estimate of drug-likeness (QED) is 0.590. The topological polar surface area (TPSA) is 34.1 Å². The van der Waals surface area contributed by atoms with E-state index >= 15 is 0 Å². The predicted molar refractivity (Wildman–Crippen MR) is 115 cm³/mol. The summed E-state index contributed by atoms with van der Waals surface area (Å²) in [5.74, 6) is 2.77. The van der Waals surface area contributed by atoms with Crippen molar-refractivity contribution in [3.8, 4) is 0 Å². The summed E-state index contributed by atoms with van der Waals surface area (Å²) in [6, 6.07) is 0. The highest BCUT2D eigenvalue weighted by Crippen LogP contribution is 2.31. The van der Waals surface area contributed by atoms with Crippen molar-refractivity contribution >= 4 is 5.96 Å². The summed E-state index contributed by atoms with van der Waals surface area (Å²) >= 11 is 0. The second kappa shape index (κ2) is 9.60. The van der Waals surface area contributed by atoms with E-state index in [0.717, 1.165) is 30.9 Å². The number of nitrogens with one attached hydrogen (secondary N) is 1. The Kier molecular flexibility index (Phi) is 7.43. The van der Waals surface area contributed by atoms with Crippen molar-refractivity contribution in [2.45, 2.75) is 64.3 Å². The molecule has 3 heterocycles. The lowest BCUT2D eigenvalue weighted by atomic mass is 9.84. The molecular weight excluding hydrogens is 334 g/mol. The predicted octanol–water partition coefficient (Wildman–Crippen LogP) is 2.88. The Morgan fingerprint density at radius 1 is 1.07 bits per heavy atom. The Morgan fingerprint density at radius 3 is 2.41 bits per heavy atom. The first-order valence-electron chi connectivity index (χ1n) is 11.4. The molecule has 0 bridgehead atoms. The van der Waals surface area contributed by atoms with Crippen molar-refractivity contribution in [3.05, 3.63) is 0 Å². The second-order valence-electron chi connectivity index (χ2n) is 9.71. The Balaban J connectivity index is 1.60. The number of hydrogen-bond acceptors (Lipinski definition) is 3. The molecule has 0 radical (unpaired) electrons. The first kappa shape index (κ1) is 20.9. The fourth-order valence-corrected chi connectivity index (χ4v) is 5.47. The van der Waals surface area contributed by atoms with Crippen molar-refractivity contribution in [2.24, 2.45) is 16.8 Å². The Labute approximate surface area is 167 Å². The maximum atomic E-state index is 4.66. The molecule has 3 saturated heterocycles. The van der Waals surface area contributed by atoms with Crippen LogP contribution in [0.4, 0.5) is 0 Å². The van der Waals surface area contributed by atoms with Gasteiger partial charge in [0.15, 0.2) is 5.96 Å². The van der Waals surface area contributed by atoms with E-state index in [2.05, 4.69) is 45.9 Å². The van der Waals surface area contributed by atoms with E-state index in [1.54, 1.807) is 0 Å². The number of piperidine rings is 2. The molecule has 0 amide bonds. The second-order valence-corrected chi connectivity index (χ2v) is 9.71. The van der Waals surface area contributed by atoms with Gasteiger partial charge in [0.05, 0.1) is 0 Å². The summed E-state index contributed by atoms with van der Waals surface area (Å²) in [6.07, 6.45) is 9.38. The average molecular weight is 378 g/mol. The van der Waals surface area contributed by atoms with Crippen molar-refractivity contribution < 1.29 is 0 Å². The zero-order valence-electron chi connectivity index (χ0n) is 18.3.